The lowest BCUT2D eigenvalue weighted by atomic mass is 10.2. The zero-order valence-corrected chi connectivity index (χ0v) is 8.01. The van der Waals surface area contributed by atoms with Gasteiger partial charge in [0.15, 0.2) is 0 Å². The first-order valence-electron chi connectivity index (χ1n) is 4.30. The number of ether oxygens (including phenoxy) is 1. The maximum Gasteiger partial charge on any atom is 0.328 e. The molecule has 1 rings (SSSR count). The van der Waals surface area contributed by atoms with E-state index in [0.29, 0.717) is 11.3 Å². The van der Waals surface area contributed by atoms with Crippen LogP contribution in [0.2, 0.25) is 0 Å². The van der Waals surface area contributed by atoms with E-state index in [1.807, 2.05) is 0 Å². The van der Waals surface area contributed by atoms with Gasteiger partial charge in [-0.15, -0.1) is 6.42 Å². The molecule has 3 heteroatoms. The van der Waals surface area contributed by atoms with Crippen molar-refractivity contribution in [2.45, 2.75) is 0 Å². The molecule has 0 aliphatic carbocycles. The van der Waals surface area contributed by atoms with E-state index in [4.69, 9.17) is 16.3 Å². The van der Waals surface area contributed by atoms with Crippen LogP contribution >= 0.6 is 0 Å². The fraction of sp³-hybridized carbons (Fsp3) is 0.0833. The number of carboxylic acid groups (broad SMARTS) is 1. The van der Waals surface area contributed by atoms with Gasteiger partial charge < -0.3 is 9.84 Å². The second kappa shape index (κ2) is 5.51. The first-order valence-corrected chi connectivity index (χ1v) is 4.30. The lowest BCUT2D eigenvalue weighted by Crippen LogP contribution is -1.95. The molecule has 0 aliphatic rings. The Labute approximate surface area is 88.0 Å². The van der Waals surface area contributed by atoms with Crippen molar-refractivity contribution in [2.24, 2.45) is 0 Å². The average molecular weight is 202 g/mol. The zero-order valence-electron chi connectivity index (χ0n) is 8.01. The van der Waals surface area contributed by atoms with Gasteiger partial charge in [-0.1, -0.05) is 24.1 Å². The minimum absolute atomic E-state index is 0.165. The SMILES string of the molecule is C#CCOc1ccccc1C=CC(=O)O. The second-order valence-corrected chi connectivity index (χ2v) is 2.70. The topological polar surface area (TPSA) is 46.5 Å². The third kappa shape index (κ3) is 3.57. The van der Waals surface area contributed by atoms with Crippen molar-refractivity contribution >= 4 is 12.0 Å². The molecule has 0 heterocycles. The van der Waals surface area contributed by atoms with Gasteiger partial charge in [0.25, 0.3) is 0 Å². The lowest BCUT2D eigenvalue weighted by molar-refractivity contribution is -0.131. The third-order valence-corrected chi connectivity index (χ3v) is 1.64. The highest BCUT2D eigenvalue weighted by molar-refractivity contribution is 5.85. The molecule has 0 saturated carbocycles. The Morgan fingerprint density at radius 1 is 1.53 bits per heavy atom. The highest BCUT2D eigenvalue weighted by Crippen LogP contribution is 2.19. The summed E-state index contributed by atoms with van der Waals surface area (Å²) in [6, 6.07) is 7.08. The van der Waals surface area contributed by atoms with E-state index >= 15 is 0 Å². The van der Waals surface area contributed by atoms with E-state index in [9.17, 15) is 4.79 Å². The van der Waals surface area contributed by atoms with Crippen LogP contribution in [0.25, 0.3) is 6.08 Å². The van der Waals surface area contributed by atoms with Crippen molar-refractivity contribution in [3.63, 3.8) is 0 Å². The molecular formula is C12H10O3. The standard InChI is InChI=1S/C12H10O3/c1-2-9-15-11-6-4-3-5-10(11)7-8-12(13)14/h1,3-8H,9H2,(H,13,14). The molecule has 1 N–H and O–H groups in total. The van der Waals surface area contributed by atoms with E-state index in [1.165, 1.54) is 6.08 Å². The zero-order chi connectivity index (χ0) is 11.1. The van der Waals surface area contributed by atoms with Gasteiger partial charge in [0, 0.05) is 11.6 Å². The van der Waals surface area contributed by atoms with Crippen LogP contribution in [0, 0.1) is 12.3 Å². The van der Waals surface area contributed by atoms with E-state index in [1.54, 1.807) is 24.3 Å². The van der Waals surface area contributed by atoms with Crippen molar-refractivity contribution in [2.75, 3.05) is 6.61 Å². The number of carbonyl (C=O) groups is 1. The molecule has 1 aromatic rings. The van der Waals surface area contributed by atoms with E-state index in [-0.39, 0.29) is 6.61 Å². The van der Waals surface area contributed by atoms with Crippen LogP contribution in [-0.2, 0) is 4.79 Å². The number of terminal acetylenes is 1. The molecule has 0 amide bonds. The van der Waals surface area contributed by atoms with Gasteiger partial charge in [0.1, 0.15) is 12.4 Å². The van der Waals surface area contributed by atoms with Gasteiger partial charge in [-0.2, -0.15) is 0 Å². The minimum atomic E-state index is -0.998. The van der Waals surface area contributed by atoms with Crippen molar-refractivity contribution in [3.05, 3.63) is 35.9 Å². The molecule has 0 bridgehead atoms. The highest BCUT2D eigenvalue weighted by Gasteiger charge is 1.98. The predicted octanol–water partition coefficient (Wildman–Crippen LogP) is 1.80. The molecule has 0 atom stereocenters. The summed E-state index contributed by atoms with van der Waals surface area (Å²) in [7, 11) is 0. The Kier molecular flexibility index (Phi) is 3.99. The number of benzene rings is 1. The Morgan fingerprint density at radius 2 is 2.27 bits per heavy atom. The summed E-state index contributed by atoms with van der Waals surface area (Å²) >= 11 is 0. The summed E-state index contributed by atoms with van der Waals surface area (Å²) in [5, 5.41) is 8.48. The Bertz CT molecular complexity index is 413. The molecule has 0 radical (unpaired) electrons. The average Bonchev–Trinajstić information content (AvgIpc) is 2.24. The van der Waals surface area contributed by atoms with Crippen molar-refractivity contribution in [1.82, 2.24) is 0 Å². The van der Waals surface area contributed by atoms with Crippen LogP contribution in [0.1, 0.15) is 5.56 Å². The van der Waals surface area contributed by atoms with E-state index in [0.717, 1.165) is 6.08 Å². The Hall–Kier alpha value is -2.21. The normalized spacial score (nSPS) is 9.80. The minimum Gasteiger partial charge on any atom is -0.480 e. The van der Waals surface area contributed by atoms with E-state index < -0.39 is 5.97 Å². The van der Waals surface area contributed by atoms with Gasteiger partial charge in [-0.3, -0.25) is 0 Å². The number of hydrogen-bond donors (Lipinski definition) is 1. The van der Waals surface area contributed by atoms with Crippen LogP contribution in [0.5, 0.6) is 5.75 Å². The Balaban J connectivity index is 2.86. The summed E-state index contributed by atoms with van der Waals surface area (Å²) in [5.41, 5.74) is 0.690. The number of para-hydroxylation sites is 1. The molecule has 76 valence electrons. The van der Waals surface area contributed by atoms with Crippen LogP contribution in [0.15, 0.2) is 30.3 Å². The van der Waals surface area contributed by atoms with Crippen molar-refractivity contribution in [3.8, 4) is 18.1 Å². The van der Waals surface area contributed by atoms with Gasteiger partial charge in [0.05, 0.1) is 0 Å². The summed E-state index contributed by atoms with van der Waals surface area (Å²) in [6.45, 7) is 0.165. The molecule has 0 aromatic heterocycles. The number of carboxylic acids is 1. The maximum absolute atomic E-state index is 10.3. The largest absolute Gasteiger partial charge is 0.480 e. The van der Waals surface area contributed by atoms with Crippen LogP contribution < -0.4 is 4.74 Å². The highest BCUT2D eigenvalue weighted by atomic mass is 16.5. The number of hydrogen-bond acceptors (Lipinski definition) is 2. The fourth-order valence-corrected chi connectivity index (χ4v) is 1.03. The van der Waals surface area contributed by atoms with Crippen molar-refractivity contribution in [1.29, 1.82) is 0 Å². The summed E-state index contributed by atoms with van der Waals surface area (Å²) < 4.78 is 5.24. The molecule has 0 unspecified atom stereocenters. The third-order valence-electron chi connectivity index (χ3n) is 1.64. The van der Waals surface area contributed by atoms with Gasteiger partial charge in [-0.05, 0) is 12.1 Å². The lowest BCUT2D eigenvalue weighted by Gasteiger charge is -2.05. The molecular weight excluding hydrogens is 192 g/mol. The van der Waals surface area contributed by atoms with Crippen molar-refractivity contribution < 1.29 is 14.6 Å². The van der Waals surface area contributed by atoms with Crippen LogP contribution in [0.3, 0.4) is 0 Å². The summed E-state index contributed by atoms with van der Waals surface area (Å²) in [5.74, 6) is 1.92. The van der Waals surface area contributed by atoms with Crippen LogP contribution in [-0.4, -0.2) is 17.7 Å². The molecule has 0 spiro atoms. The van der Waals surface area contributed by atoms with Gasteiger partial charge in [-0.25, -0.2) is 4.79 Å². The fourth-order valence-electron chi connectivity index (χ4n) is 1.03. The first kappa shape index (κ1) is 10.9. The van der Waals surface area contributed by atoms with E-state index in [2.05, 4.69) is 5.92 Å². The molecule has 0 aliphatic heterocycles. The monoisotopic (exact) mass is 202 g/mol. The summed E-state index contributed by atoms with van der Waals surface area (Å²) in [4.78, 5) is 10.3. The quantitative estimate of drug-likeness (QED) is 0.598. The molecule has 3 nitrogen and oxygen atoms in total. The van der Waals surface area contributed by atoms with Gasteiger partial charge in [0.2, 0.25) is 0 Å². The molecule has 1 aromatic carbocycles. The Morgan fingerprint density at radius 3 is 2.93 bits per heavy atom. The second-order valence-electron chi connectivity index (χ2n) is 2.70. The molecule has 0 fully saturated rings. The summed E-state index contributed by atoms with van der Waals surface area (Å²) in [6.07, 6.45) is 7.58. The molecule has 0 saturated heterocycles. The van der Waals surface area contributed by atoms with Gasteiger partial charge >= 0.3 is 5.97 Å². The smallest absolute Gasteiger partial charge is 0.328 e. The number of rotatable bonds is 4. The predicted molar refractivity (Wildman–Crippen MR) is 57.4 cm³/mol. The first-order chi connectivity index (χ1) is 7.24. The van der Waals surface area contributed by atoms with Crippen LogP contribution in [0.4, 0.5) is 0 Å². The number of aliphatic carboxylic acids is 1. The maximum atomic E-state index is 10.3. The molecule has 15 heavy (non-hydrogen) atoms.